The number of aryl methyl sites for hydroxylation is 2. The van der Waals surface area contributed by atoms with Crippen molar-refractivity contribution in [3.63, 3.8) is 0 Å². The average molecular weight is 290 g/mol. The van der Waals surface area contributed by atoms with Crippen molar-refractivity contribution in [3.05, 3.63) is 77.5 Å². The molecule has 0 unspecified atom stereocenters. The lowest BCUT2D eigenvalue weighted by atomic mass is 10.1. The summed E-state index contributed by atoms with van der Waals surface area (Å²) in [6.07, 6.45) is 0. The second-order valence-corrected chi connectivity index (χ2v) is 5.31. The molecule has 0 radical (unpaired) electrons. The molecule has 3 nitrogen and oxygen atoms in total. The zero-order valence-electron chi connectivity index (χ0n) is 12.8. The highest BCUT2D eigenvalue weighted by Crippen LogP contribution is 2.20. The van der Waals surface area contributed by atoms with Gasteiger partial charge in [-0.15, -0.1) is 0 Å². The lowest BCUT2D eigenvalue weighted by molar-refractivity contribution is 0.293. The Morgan fingerprint density at radius 2 is 1.59 bits per heavy atom. The van der Waals surface area contributed by atoms with E-state index in [1.54, 1.807) is 0 Å². The summed E-state index contributed by atoms with van der Waals surface area (Å²) in [6.45, 7) is 4.52. The van der Waals surface area contributed by atoms with Crippen LogP contribution >= 0.6 is 0 Å². The van der Waals surface area contributed by atoms with Crippen molar-refractivity contribution in [1.29, 1.82) is 0 Å². The van der Waals surface area contributed by atoms with Crippen LogP contribution in [-0.2, 0) is 6.61 Å². The molecule has 0 N–H and O–H groups in total. The minimum Gasteiger partial charge on any atom is -0.473 e. The first-order valence-electron chi connectivity index (χ1n) is 7.30. The minimum atomic E-state index is 0.505. The number of rotatable bonds is 4. The molecule has 0 aliphatic carbocycles. The summed E-state index contributed by atoms with van der Waals surface area (Å²) in [5.74, 6) is 1.30. The molecular formula is C19H18N2O. The van der Waals surface area contributed by atoms with Crippen LogP contribution in [-0.4, -0.2) is 9.97 Å². The summed E-state index contributed by atoms with van der Waals surface area (Å²) in [5.41, 5.74) is 4.24. The molecule has 0 amide bonds. The molecule has 0 spiro atoms. The third-order valence-electron chi connectivity index (χ3n) is 3.37. The van der Waals surface area contributed by atoms with E-state index in [4.69, 9.17) is 4.74 Å². The van der Waals surface area contributed by atoms with E-state index >= 15 is 0 Å². The summed E-state index contributed by atoms with van der Waals surface area (Å²) in [5, 5.41) is 0. The summed E-state index contributed by atoms with van der Waals surface area (Å²) in [6, 6.07) is 20.1. The van der Waals surface area contributed by atoms with Crippen LogP contribution in [0, 0.1) is 13.8 Å². The molecule has 1 heterocycles. The molecule has 0 atom stereocenters. The Morgan fingerprint density at radius 1 is 0.864 bits per heavy atom. The average Bonchev–Trinajstić information content (AvgIpc) is 2.54. The van der Waals surface area contributed by atoms with Gasteiger partial charge in [0.1, 0.15) is 6.61 Å². The Hall–Kier alpha value is -2.68. The van der Waals surface area contributed by atoms with Gasteiger partial charge in [0.2, 0.25) is 5.88 Å². The van der Waals surface area contributed by atoms with Crippen LogP contribution in [0.4, 0.5) is 0 Å². The van der Waals surface area contributed by atoms with Gasteiger partial charge in [0.05, 0.1) is 0 Å². The van der Waals surface area contributed by atoms with Gasteiger partial charge in [-0.2, -0.15) is 4.98 Å². The van der Waals surface area contributed by atoms with E-state index in [-0.39, 0.29) is 0 Å². The van der Waals surface area contributed by atoms with Crippen LogP contribution in [0.15, 0.2) is 60.7 Å². The van der Waals surface area contributed by atoms with E-state index in [0.29, 0.717) is 18.3 Å². The predicted octanol–water partition coefficient (Wildman–Crippen LogP) is 4.34. The number of hydrogen-bond donors (Lipinski definition) is 0. The Kier molecular flexibility index (Phi) is 4.15. The maximum Gasteiger partial charge on any atom is 0.217 e. The van der Waals surface area contributed by atoms with E-state index in [1.807, 2.05) is 55.5 Å². The van der Waals surface area contributed by atoms with Crippen LogP contribution in [0.1, 0.15) is 16.8 Å². The van der Waals surface area contributed by atoms with Crippen molar-refractivity contribution in [2.75, 3.05) is 0 Å². The molecule has 0 aliphatic heterocycles. The number of nitrogens with zero attached hydrogens (tertiary/aromatic N) is 2. The number of benzene rings is 2. The van der Waals surface area contributed by atoms with Gasteiger partial charge in [-0.3, -0.25) is 0 Å². The summed E-state index contributed by atoms with van der Waals surface area (Å²) >= 11 is 0. The quantitative estimate of drug-likeness (QED) is 0.717. The molecule has 110 valence electrons. The molecule has 22 heavy (non-hydrogen) atoms. The molecule has 3 heteroatoms. The molecule has 0 aliphatic rings. The number of hydrogen-bond acceptors (Lipinski definition) is 3. The highest BCUT2D eigenvalue weighted by Gasteiger charge is 2.06. The van der Waals surface area contributed by atoms with E-state index in [2.05, 4.69) is 29.0 Å². The lowest BCUT2D eigenvalue weighted by Gasteiger charge is -2.08. The predicted molar refractivity (Wildman–Crippen MR) is 87.7 cm³/mol. The highest BCUT2D eigenvalue weighted by atomic mass is 16.5. The maximum absolute atomic E-state index is 5.81. The zero-order valence-corrected chi connectivity index (χ0v) is 12.8. The second kappa shape index (κ2) is 6.39. The van der Waals surface area contributed by atoms with E-state index < -0.39 is 0 Å². The van der Waals surface area contributed by atoms with Crippen LogP contribution in [0.3, 0.4) is 0 Å². The van der Waals surface area contributed by atoms with Gasteiger partial charge in [-0.1, -0.05) is 60.2 Å². The van der Waals surface area contributed by atoms with Crippen LogP contribution in [0.2, 0.25) is 0 Å². The van der Waals surface area contributed by atoms with E-state index in [9.17, 15) is 0 Å². The monoisotopic (exact) mass is 290 g/mol. The summed E-state index contributed by atoms with van der Waals surface area (Å²) < 4.78 is 5.81. The first-order valence-corrected chi connectivity index (χ1v) is 7.30. The van der Waals surface area contributed by atoms with Crippen LogP contribution in [0.25, 0.3) is 11.4 Å². The molecule has 0 fully saturated rings. The normalized spacial score (nSPS) is 10.5. The van der Waals surface area contributed by atoms with Gasteiger partial charge in [-0.05, 0) is 19.4 Å². The third-order valence-corrected chi connectivity index (χ3v) is 3.37. The maximum atomic E-state index is 5.81. The molecule has 3 rings (SSSR count). The van der Waals surface area contributed by atoms with E-state index in [0.717, 1.165) is 16.8 Å². The fourth-order valence-corrected chi connectivity index (χ4v) is 2.18. The molecule has 0 saturated carbocycles. The van der Waals surface area contributed by atoms with Crippen molar-refractivity contribution in [1.82, 2.24) is 9.97 Å². The van der Waals surface area contributed by atoms with Gasteiger partial charge in [0.25, 0.3) is 0 Å². The smallest absolute Gasteiger partial charge is 0.217 e. The Bertz CT molecular complexity index is 752. The van der Waals surface area contributed by atoms with Crippen molar-refractivity contribution < 1.29 is 4.74 Å². The molecule has 2 aromatic carbocycles. The second-order valence-electron chi connectivity index (χ2n) is 5.31. The highest BCUT2D eigenvalue weighted by molar-refractivity contribution is 5.56. The van der Waals surface area contributed by atoms with Crippen molar-refractivity contribution >= 4 is 0 Å². The lowest BCUT2D eigenvalue weighted by Crippen LogP contribution is -2.00. The van der Waals surface area contributed by atoms with Crippen LogP contribution < -0.4 is 4.74 Å². The molecule has 1 aromatic heterocycles. The third kappa shape index (κ3) is 3.50. The first kappa shape index (κ1) is 14.3. The molecule has 0 bridgehead atoms. The molecule has 3 aromatic rings. The standard InChI is InChI=1S/C19H18N2O/c1-14-8-10-17(11-9-14)19-20-15(2)12-18(21-19)22-13-16-6-4-3-5-7-16/h3-12H,13H2,1-2H3. The van der Waals surface area contributed by atoms with Crippen molar-refractivity contribution in [2.45, 2.75) is 20.5 Å². The fraction of sp³-hybridized carbons (Fsp3) is 0.158. The topological polar surface area (TPSA) is 35.0 Å². The molecule has 0 saturated heterocycles. The Morgan fingerprint density at radius 3 is 2.32 bits per heavy atom. The minimum absolute atomic E-state index is 0.505. The van der Waals surface area contributed by atoms with Crippen molar-refractivity contribution in [3.8, 4) is 17.3 Å². The van der Waals surface area contributed by atoms with E-state index in [1.165, 1.54) is 5.56 Å². The van der Waals surface area contributed by atoms with Gasteiger partial charge >= 0.3 is 0 Å². The van der Waals surface area contributed by atoms with Gasteiger partial charge in [-0.25, -0.2) is 4.98 Å². The SMILES string of the molecule is Cc1ccc(-c2nc(C)cc(OCc3ccccc3)n2)cc1. The fourth-order valence-electron chi connectivity index (χ4n) is 2.18. The first-order chi connectivity index (χ1) is 10.7. The van der Waals surface area contributed by atoms with Gasteiger partial charge in [0.15, 0.2) is 5.82 Å². The molecular weight excluding hydrogens is 272 g/mol. The van der Waals surface area contributed by atoms with Crippen LogP contribution in [0.5, 0.6) is 5.88 Å². The zero-order chi connectivity index (χ0) is 15.4. The van der Waals surface area contributed by atoms with Gasteiger partial charge < -0.3 is 4.74 Å². The summed E-state index contributed by atoms with van der Waals surface area (Å²) in [7, 11) is 0. The Labute approximate surface area is 130 Å². The summed E-state index contributed by atoms with van der Waals surface area (Å²) in [4.78, 5) is 9.01. The number of aromatic nitrogens is 2. The van der Waals surface area contributed by atoms with Gasteiger partial charge in [0, 0.05) is 17.3 Å². The largest absolute Gasteiger partial charge is 0.473 e. The Balaban J connectivity index is 1.82. The van der Waals surface area contributed by atoms with Crippen molar-refractivity contribution in [2.24, 2.45) is 0 Å². The number of ether oxygens (including phenoxy) is 1.